The number of carbonyl (C=O) groups is 1. The second-order valence-corrected chi connectivity index (χ2v) is 10.00. The number of rotatable bonds is 10. The van der Waals surface area contributed by atoms with Crippen molar-refractivity contribution in [2.45, 2.75) is 17.6 Å². The van der Waals surface area contributed by atoms with E-state index in [1.807, 2.05) is 49.4 Å². The fourth-order valence-corrected chi connectivity index (χ4v) is 4.71. The highest BCUT2D eigenvalue weighted by Crippen LogP contribution is 2.24. The van der Waals surface area contributed by atoms with E-state index in [0.29, 0.717) is 23.7 Å². The Morgan fingerprint density at radius 2 is 1.62 bits per heavy atom. The van der Waals surface area contributed by atoms with Gasteiger partial charge in [0.25, 0.3) is 0 Å². The molecule has 8 heteroatoms. The number of thioether (sulfide) groups is 1. The van der Waals surface area contributed by atoms with Gasteiger partial charge in [0.2, 0.25) is 15.9 Å². The summed E-state index contributed by atoms with van der Waals surface area (Å²) in [5, 5.41) is 2.77. The van der Waals surface area contributed by atoms with Crippen LogP contribution in [0.5, 0.6) is 5.75 Å². The number of nitrogens with one attached hydrogen (secondary N) is 1. The SMILES string of the molecule is CCOc1ccc(N(CC(=O)Nc2ccc(CSc3ccccc3)cc2)S(C)(=O)=O)cc1. The monoisotopic (exact) mass is 470 g/mol. The van der Waals surface area contributed by atoms with E-state index < -0.39 is 15.9 Å². The van der Waals surface area contributed by atoms with E-state index in [2.05, 4.69) is 17.4 Å². The first-order valence-electron chi connectivity index (χ1n) is 10.1. The quantitative estimate of drug-likeness (QED) is 0.432. The molecule has 0 unspecified atom stereocenters. The summed E-state index contributed by atoms with van der Waals surface area (Å²) < 4.78 is 31.0. The van der Waals surface area contributed by atoms with Crippen molar-refractivity contribution in [2.75, 3.05) is 29.0 Å². The molecule has 0 heterocycles. The van der Waals surface area contributed by atoms with Gasteiger partial charge >= 0.3 is 0 Å². The fourth-order valence-electron chi connectivity index (χ4n) is 2.97. The zero-order valence-corrected chi connectivity index (χ0v) is 19.7. The second kappa shape index (κ2) is 11.1. The van der Waals surface area contributed by atoms with Crippen molar-refractivity contribution in [1.29, 1.82) is 0 Å². The lowest BCUT2D eigenvalue weighted by atomic mass is 10.2. The highest BCUT2D eigenvalue weighted by atomic mass is 32.2. The molecule has 0 fully saturated rings. The van der Waals surface area contributed by atoms with Crippen LogP contribution in [0.25, 0.3) is 0 Å². The molecular weight excluding hydrogens is 444 g/mol. The molecule has 1 N–H and O–H groups in total. The third kappa shape index (κ3) is 7.03. The van der Waals surface area contributed by atoms with Crippen LogP contribution in [0.15, 0.2) is 83.8 Å². The van der Waals surface area contributed by atoms with Crippen molar-refractivity contribution in [3.05, 3.63) is 84.4 Å². The zero-order valence-electron chi connectivity index (χ0n) is 18.0. The van der Waals surface area contributed by atoms with Crippen molar-refractivity contribution in [2.24, 2.45) is 0 Å². The fraction of sp³-hybridized carbons (Fsp3) is 0.208. The third-order valence-corrected chi connectivity index (χ3v) is 6.73. The first-order valence-corrected chi connectivity index (χ1v) is 13.0. The Hall–Kier alpha value is -2.97. The summed E-state index contributed by atoms with van der Waals surface area (Å²) >= 11 is 1.74. The molecular formula is C24H26N2O4S2. The summed E-state index contributed by atoms with van der Waals surface area (Å²) in [5.74, 6) is 1.04. The van der Waals surface area contributed by atoms with E-state index in [-0.39, 0.29) is 6.54 Å². The van der Waals surface area contributed by atoms with Gasteiger partial charge in [0.1, 0.15) is 12.3 Å². The van der Waals surface area contributed by atoms with E-state index in [1.165, 1.54) is 4.90 Å². The van der Waals surface area contributed by atoms with Gasteiger partial charge in [-0.3, -0.25) is 9.10 Å². The van der Waals surface area contributed by atoms with Crippen molar-refractivity contribution >= 4 is 39.1 Å². The van der Waals surface area contributed by atoms with E-state index in [4.69, 9.17) is 4.74 Å². The average molecular weight is 471 g/mol. The van der Waals surface area contributed by atoms with Gasteiger partial charge in [0.15, 0.2) is 0 Å². The molecule has 6 nitrogen and oxygen atoms in total. The number of carbonyl (C=O) groups excluding carboxylic acids is 1. The Morgan fingerprint density at radius 3 is 2.22 bits per heavy atom. The van der Waals surface area contributed by atoms with Crippen molar-refractivity contribution in [3.8, 4) is 5.75 Å². The predicted molar refractivity (Wildman–Crippen MR) is 131 cm³/mol. The lowest BCUT2D eigenvalue weighted by molar-refractivity contribution is -0.114. The van der Waals surface area contributed by atoms with Crippen LogP contribution in [0, 0.1) is 0 Å². The number of nitrogens with zero attached hydrogens (tertiary/aromatic N) is 1. The minimum atomic E-state index is -3.64. The Morgan fingerprint density at radius 1 is 0.969 bits per heavy atom. The van der Waals surface area contributed by atoms with Gasteiger partial charge in [0.05, 0.1) is 18.6 Å². The number of sulfonamides is 1. The summed E-state index contributed by atoms with van der Waals surface area (Å²) in [6, 6.07) is 24.3. The van der Waals surface area contributed by atoms with Crippen LogP contribution in [0.3, 0.4) is 0 Å². The Kier molecular flexibility index (Phi) is 8.19. The first kappa shape index (κ1) is 23.7. The molecule has 168 valence electrons. The van der Waals surface area contributed by atoms with Gasteiger partial charge in [-0.15, -0.1) is 11.8 Å². The molecule has 0 saturated carbocycles. The van der Waals surface area contributed by atoms with E-state index in [0.717, 1.165) is 21.9 Å². The molecule has 0 aliphatic rings. The van der Waals surface area contributed by atoms with Gasteiger partial charge < -0.3 is 10.1 Å². The zero-order chi connectivity index (χ0) is 23.0. The molecule has 0 radical (unpaired) electrons. The molecule has 0 aromatic heterocycles. The van der Waals surface area contributed by atoms with E-state index >= 15 is 0 Å². The maximum atomic E-state index is 12.6. The van der Waals surface area contributed by atoms with Crippen molar-refractivity contribution in [1.82, 2.24) is 0 Å². The molecule has 3 rings (SSSR count). The normalized spacial score (nSPS) is 11.1. The van der Waals surface area contributed by atoms with E-state index in [1.54, 1.807) is 36.0 Å². The van der Waals surface area contributed by atoms with Crippen LogP contribution in [0.1, 0.15) is 12.5 Å². The Balaban J connectivity index is 1.60. The molecule has 0 bridgehead atoms. The smallest absolute Gasteiger partial charge is 0.245 e. The van der Waals surface area contributed by atoms with Crippen LogP contribution >= 0.6 is 11.8 Å². The number of anilines is 2. The van der Waals surface area contributed by atoms with Gasteiger partial charge in [-0.2, -0.15) is 0 Å². The van der Waals surface area contributed by atoms with Gasteiger partial charge in [-0.05, 0) is 61.0 Å². The topological polar surface area (TPSA) is 75.7 Å². The molecule has 1 amide bonds. The molecule has 0 atom stereocenters. The highest BCUT2D eigenvalue weighted by molar-refractivity contribution is 7.98. The van der Waals surface area contributed by atoms with Crippen LogP contribution < -0.4 is 14.4 Å². The number of benzene rings is 3. The number of hydrogen-bond acceptors (Lipinski definition) is 5. The molecule has 0 spiro atoms. The average Bonchev–Trinajstić information content (AvgIpc) is 2.78. The first-order chi connectivity index (χ1) is 15.3. The van der Waals surface area contributed by atoms with Gasteiger partial charge in [-0.25, -0.2) is 8.42 Å². The lowest BCUT2D eigenvalue weighted by Crippen LogP contribution is -2.37. The molecule has 0 saturated heterocycles. The van der Waals surface area contributed by atoms with Gasteiger partial charge in [0, 0.05) is 16.3 Å². The summed E-state index contributed by atoms with van der Waals surface area (Å²) in [5.41, 5.74) is 2.15. The summed E-state index contributed by atoms with van der Waals surface area (Å²) in [7, 11) is -3.64. The number of amides is 1. The third-order valence-electron chi connectivity index (χ3n) is 4.51. The maximum Gasteiger partial charge on any atom is 0.245 e. The predicted octanol–water partition coefficient (Wildman–Crippen LogP) is 4.78. The van der Waals surface area contributed by atoms with Crippen LogP contribution in [-0.4, -0.2) is 33.7 Å². The van der Waals surface area contributed by atoms with Crippen LogP contribution in [0.2, 0.25) is 0 Å². The second-order valence-electron chi connectivity index (χ2n) is 7.04. The minimum absolute atomic E-state index is 0.321. The summed E-state index contributed by atoms with van der Waals surface area (Å²) in [4.78, 5) is 13.8. The molecule has 3 aromatic carbocycles. The van der Waals surface area contributed by atoms with Gasteiger partial charge in [-0.1, -0.05) is 30.3 Å². The maximum absolute atomic E-state index is 12.6. The lowest BCUT2D eigenvalue weighted by Gasteiger charge is -2.22. The number of hydrogen-bond donors (Lipinski definition) is 1. The van der Waals surface area contributed by atoms with Crippen molar-refractivity contribution < 1.29 is 17.9 Å². The Labute approximate surface area is 193 Å². The standard InChI is InChI=1S/C24H26N2O4S2/c1-3-30-22-15-13-21(14-16-22)26(32(2,28)29)17-24(27)25-20-11-9-19(10-12-20)18-31-23-7-5-4-6-8-23/h4-16H,3,17-18H2,1-2H3,(H,25,27). The van der Waals surface area contributed by atoms with Crippen molar-refractivity contribution in [3.63, 3.8) is 0 Å². The summed E-state index contributed by atoms with van der Waals surface area (Å²) in [6.07, 6.45) is 1.08. The minimum Gasteiger partial charge on any atom is -0.494 e. The highest BCUT2D eigenvalue weighted by Gasteiger charge is 2.21. The summed E-state index contributed by atoms with van der Waals surface area (Å²) in [6.45, 7) is 2.06. The molecule has 32 heavy (non-hydrogen) atoms. The molecule has 0 aliphatic carbocycles. The molecule has 3 aromatic rings. The number of ether oxygens (including phenoxy) is 1. The van der Waals surface area contributed by atoms with Crippen LogP contribution in [0.4, 0.5) is 11.4 Å². The Bertz CT molecular complexity index is 1120. The van der Waals surface area contributed by atoms with Crippen LogP contribution in [-0.2, 0) is 20.6 Å². The van der Waals surface area contributed by atoms with E-state index in [9.17, 15) is 13.2 Å². The largest absolute Gasteiger partial charge is 0.494 e. The molecule has 0 aliphatic heterocycles.